The van der Waals surface area contributed by atoms with Crippen LogP contribution in [0.1, 0.15) is 42.8 Å². The van der Waals surface area contributed by atoms with E-state index in [0.29, 0.717) is 6.04 Å². The number of hydrogen-bond acceptors (Lipinski definition) is 3. The molecule has 1 N–H and O–H groups in total. The van der Waals surface area contributed by atoms with Gasteiger partial charge in [0.1, 0.15) is 0 Å². The van der Waals surface area contributed by atoms with Crippen LogP contribution in [0.15, 0.2) is 5.51 Å². The molecule has 0 saturated carbocycles. The molecule has 0 fully saturated rings. The third-order valence-corrected chi connectivity index (χ3v) is 3.41. The zero-order chi connectivity index (χ0) is 11.1. The quantitative estimate of drug-likeness (QED) is 0.591. The number of nitrogens with one attached hydrogen (secondary N) is 1. The van der Waals surface area contributed by atoms with Crippen molar-refractivity contribution in [2.45, 2.75) is 39.2 Å². The molecule has 0 aliphatic carbocycles. The Morgan fingerprint density at radius 3 is 3.00 bits per heavy atom. The summed E-state index contributed by atoms with van der Waals surface area (Å²) in [4.78, 5) is 5.64. The average Bonchev–Trinajstić information content (AvgIpc) is 2.64. The van der Waals surface area contributed by atoms with Gasteiger partial charge in [0.2, 0.25) is 0 Å². The standard InChI is InChI=1S/C12H18N2S/c1-4-6-7-8-11(13-5-2)12-10(3)14-9-15-12/h1,9,11,13H,5-8H2,2-3H3. The van der Waals surface area contributed by atoms with Gasteiger partial charge < -0.3 is 5.32 Å². The van der Waals surface area contributed by atoms with E-state index in [1.165, 1.54) is 4.88 Å². The van der Waals surface area contributed by atoms with E-state index in [1.54, 1.807) is 11.3 Å². The normalized spacial score (nSPS) is 12.3. The number of aryl methyl sites for hydroxylation is 1. The van der Waals surface area contributed by atoms with E-state index in [1.807, 2.05) is 5.51 Å². The highest BCUT2D eigenvalue weighted by Gasteiger charge is 2.14. The summed E-state index contributed by atoms with van der Waals surface area (Å²) in [5.74, 6) is 2.69. The highest BCUT2D eigenvalue weighted by Crippen LogP contribution is 2.25. The molecule has 1 unspecified atom stereocenters. The van der Waals surface area contributed by atoms with Crippen LogP contribution < -0.4 is 5.32 Å². The van der Waals surface area contributed by atoms with Gasteiger partial charge in [0, 0.05) is 17.3 Å². The van der Waals surface area contributed by atoms with Crippen LogP contribution in [0, 0.1) is 19.3 Å². The van der Waals surface area contributed by atoms with Gasteiger partial charge in [-0.25, -0.2) is 4.98 Å². The zero-order valence-corrected chi connectivity index (χ0v) is 10.2. The van der Waals surface area contributed by atoms with Gasteiger partial charge in [0.15, 0.2) is 0 Å². The van der Waals surface area contributed by atoms with Gasteiger partial charge in [0.05, 0.1) is 11.2 Å². The van der Waals surface area contributed by atoms with E-state index < -0.39 is 0 Å². The molecule has 0 spiro atoms. The van der Waals surface area contributed by atoms with Crippen LogP contribution >= 0.6 is 11.3 Å². The first-order valence-corrected chi connectivity index (χ1v) is 6.24. The molecule has 0 saturated heterocycles. The summed E-state index contributed by atoms with van der Waals surface area (Å²) >= 11 is 1.73. The minimum absolute atomic E-state index is 0.427. The molecular weight excluding hydrogens is 204 g/mol. The van der Waals surface area contributed by atoms with Gasteiger partial charge in [-0.05, 0) is 26.3 Å². The number of hydrogen-bond donors (Lipinski definition) is 1. The van der Waals surface area contributed by atoms with Crippen molar-refractivity contribution < 1.29 is 0 Å². The van der Waals surface area contributed by atoms with Crippen LogP contribution in [0.25, 0.3) is 0 Å². The van der Waals surface area contributed by atoms with Gasteiger partial charge in [-0.3, -0.25) is 0 Å². The lowest BCUT2D eigenvalue weighted by Gasteiger charge is -2.16. The van der Waals surface area contributed by atoms with Crippen LogP contribution in [0.3, 0.4) is 0 Å². The first-order chi connectivity index (χ1) is 7.29. The Labute approximate surface area is 96.1 Å². The van der Waals surface area contributed by atoms with Crippen molar-refractivity contribution in [1.82, 2.24) is 10.3 Å². The van der Waals surface area contributed by atoms with Crippen LogP contribution in [0.5, 0.6) is 0 Å². The second-order valence-corrected chi connectivity index (χ2v) is 4.39. The zero-order valence-electron chi connectivity index (χ0n) is 9.42. The van der Waals surface area contributed by atoms with Gasteiger partial charge in [-0.2, -0.15) is 0 Å². The molecule has 0 aliphatic rings. The van der Waals surface area contributed by atoms with Crippen LogP contribution in [0.4, 0.5) is 0 Å². The van der Waals surface area contributed by atoms with Crippen molar-refractivity contribution in [2.24, 2.45) is 0 Å². The number of nitrogens with zero attached hydrogens (tertiary/aromatic N) is 1. The number of rotatable bonds is 6. The molecular formula is C12H18N2S. The number of thiazole rings is 1. The summed E-state index contributed by atoms with van der Waals surface area (Å²) in [7, 11) is 0. The smallest absolute Gasteiger partial charge is 0.0798 e. The fraction of sp³-hybridized carbons (Fsp3) is 0.583. The third kappa shape index (κ3) is 3.65. The topological polar surface area (TPSA) is 24.9 Å². The van der Waals surface area contributed by atoms with E-state index in [9.17, 15) is 0 Å². The van der Waals surface area contributed by atoms with Crippen molar-refractivity contribution in [3.05, 3.63) is 16.1 Å². The molecule has 1 rings (SSSR count). The van der Waals surface area contributed by atoms with Gasteiger partial charge in [-0.1, -0.05) is 6.92 Å². The summed E-state index contributed by atoms with van der Waals surface area (Å²) in [6, 6.07) is 0.427. The van der Waals surface area contributed by atoms with Crippen molar-refractivity contribution in [3.63, 3.8) is 0 Å². The molecule has 15 heavy (non-hydrogen) atoms. The molecule has 3 heteroatoms. The molecule has 1 heterocycles. The van der Waals surface area contributed by atoms with Crippen LogP contribution in [0.2, 0.25) is 0 Å². The van der Waals surface area contributed by atoms with Crippen molar-refractivity contribution >= 4 is 11.3 Å². The number of unbranched alkanes of at least 4 members (excludes halogenated alkanes) is 1. The fourth-order valence-electron chi connectivity index (χ4n) is 1.63. The minimum atomic E-state index is 0.427. The van der Waals surface area contributed by atoms with E-state index in [4.69, 9.17) is 6.42 Å². The summed E-state index contributed by atoms with van der Waals surface area (Å²) in [5, 5.41) is 3.49. The summed E-state index contributed by atoms with van der Waals surface area (Å²) in [6.45, 7) is 5.18. The molecule has 1 aromatic heterocycles. The Bertz CT molecular complexity index is 325. The lowest BCUT2D eigenvalue weighted by atomic mass is 10.1. The molecule has 0 aromatic carbocycles. The molecule has 0 bridgehead atoms. The maximum absolute atomic E-state index is 5.26. The molecule has 2 nitrogen and oxygen atoms in total. The minimum Gasteiger partial charge on any atom is -0.309 e. The lowest BCUT2D eigenvalue weighted by molar-refractivity contribution is 0.506. The van der Waals surface area contributed by atoms with E-state index in [0.717, 1.165) is 31.5 Å². The molecule has 1 atom stereocenters. The monoisotopic (exact) mass is 222 g/mol. The molecule has 0 amide bonds. The van der Waals surface area contributed by atoms with Gasteiger partial charge >= 0.3 is 0 Å². The maximum Gasteiger partial charge on any atom is 0.0798 e. The Balaban J connectivity index is 2.58. The molecule has 1 aromatic rings. The Hall–Kier alpha value is -0.850. The van der Waals surface area contributed by atoms with Crippen molar-refractivity contribution in [2.75, 3.05) is 6.54 Å². The molecule has 0 radical (unpaired) electrons. The molecule has 0 aliphatic heterocycles. The Morgan fingerprint density at radius 2 is 2.47 bits per heavy atom. The summed E-state index contributed by atoms with van der Waals surface area (Å²) in [6.07, 6.45) is 8.29. The fourth-order valence-corrected chi connectivity index (χ4v) is 2.54. The first kappa shape index (κ1) is 12.2. The van der Waals surface area contributed by atoms with Crippen molar-refractivity contribution in [3.8, 4) is 12.3 Å². The van der Waals surface area contributed by atoms with E-state index >= 15 is 0 Å². The summed E-state index contributed by atoms with van der Waals surface area (Å²) in [5.41, 5.74) is 3.06. The largest absolute Gasteiger partial charge is 0.309 e. The van der Waals surface area contributed by atoms with Crippen LogP contribution in [-0.4, -0.2) is 11.5 Å². The third-order valence-electron chi connectivity index (χ3n) is 2.36. The Kier molecular flexibility index (Phi) is 5.38. The summed E-state index contributed by atoms with van der Waals surface area (Å²) < 4.78 is 0. The van der Waals surface area contributed by atoms with E-state index in [-0.39, 0.29) is 0 Å². The first-order valence-electron chi connectivity index (χ1n) is 5.36. The maximum atomic E-state index is 5.26. The van der Waals surface area contributed by atoms with Gasteiger partial charge in [-0.15, -0.1) is 23.7 Å². The second-order valence-electron chi connectivity index (χ2n) is 3.51. The highest BCUT2D eigenvalue weighted by atomic mass is 32.1. The van der Waals surface area contributed by atoms with Crippen LogP contribution in [-0.2, 0) is 0 Å². The highest BCUT2D eigenvalue weighted by molar-refractivity contribution is 7.09. The SMILES string of the molecule is C#CCCCC(NCC)c1scnc1C. The average molecular weight is 222 g/mol. The Morgan fingerprint density at radius 1 is 1.67 bits per heavy atom. The van der Waals surface area contributed by atoms with E-state index in [2.05, 4.69) is 30.1 Å². The number of terminal acetylenes is 1. The van der Waals surface area contributed by atoms with Crippen molar-refractivity contribution in [1.29, 1.82) is 0 Å². The molecule has 82 valence electrons. The second kappa shape index (κ2) is 6.60. The number of aromatic nitrogens is 1. The lowest BCUT2D eigenvalue weighted by Crippen LogP contribution is -2.20. The predicted molar refractivity (Wildman–Crippen MR) is 66.0 cm³/mol. The van der Waals surface area contributed by atoms with Gasteiger partial charge in [0.25, 0.3) is 0 Å². The predicted octanol–water partition coefficient (Wildman–Crippen LogP) is 2.91.